The molecule has 8 atom stereocenters. The maximum atomic E-state index is 11.8. The molecule has 1 N–H and O–H groups in total. The van der Waals surface area contributed by atoms with Gasteiger partial charge in [0.05, 0.1) is 18.3 Å². The third kappa shape index (κ3) is 4.99. The zero-order valence-electron chi connectivity index (χ0n) is 21.8. The van der Waals surface area contributed by atoms with E-state index in [2.05, 4.69) is 20.8 Å². The fraction of sp³-hybridized carbons (Fsp3) is 0.885. The minimum absolute atomic E-state index is 0.0237. The number of carbonyl (C=O) groups is 3. The number of hydrogen-bond donors (Lipinski definition) is 1. The SMILES string of the molecule is CC(=O)OCC(OC(C)=O)[C@@]1(C)CC[C@@H]2[C@@]3(C)CCC[C@@](C)(COC(C)=O)[C@@H]3[C@H](O)C[C@@]2(C)O1. The Bertz CT molecular complexity index is 813. The Morgan fingerprint density at radius 1 is 0.971 bits per heavy atom. The third-order valence-corrected chi connectivity index (χ3v) is 8.89. The van der Waals surface area contributed by atoms with Crippen LogP contribution < -0.4 is 0 Å². The van der Waals surface area contributed by atoms with Gasteiger partial charge in [-0.2, -0.15) is 0 Å². The molecule has 1 heterocycles. The number of hydrogen-bond acceptors (Lipinski definition) is 8. The van der Waals surface area contributed by atoms with Crippen molar-refractivity contribution in [2.45, 2.75) is 110 Å². The Morgan fingerprint density at radius 2 is 1.62 bits per heavy atom. The molecule has 2 saturated carbocycles. The molecular formula is C26H42O8. The van der Waals surface area contributed by atoms with E-state index in [4.69, 9.17) is 18.9 Å². The Hall–Kier alpha value is -1.67. The number of ether oxygens (including phenoxy) is 4. The molecule has 0 bridgehead atoms. The third-order valence-electron chi connectivity index (χ3n) is 8.89. The van der Waals surface area contributed by atoms with Gasteiger partial charge in [-0.25, -0.2) is 0 Å². The van der Waals surface area contributed by atoms with Crippen molar-refractivity contribution in [1.29, 1.82) is 0 Å². The summed E-state index contributed by atoms with van der Waals surface area (Å²) in [6, 6.07) is 0. The Balaban J connectivity index is 1.90. The average Bonchev–Trinajstić information content (AvgIpc) is 2.67. The van der Waals surface area contributed by atoms with Crippen LogP contribution in [0.25, 0.3) is 0 Å². The summed E-state index contributed by atoms with van der Waals surface area (Å²) >= 11 is 0. The van der Waals surface area contributed by atoms with Gasteiger partial charge in [0.25, 0.3) is 0 Å². The predicted molar refractivity (Wildman–Crippen MR) is 124 cm³/mol. The van der Waals surface area contributed by atoms with E-state index in [0.717, 1.165) is 25.7 Å². The van der Waals surface area contributed by atoms with Crippen LogP contribution in [0.2, 0.25) is 0 Å². The first-order valence-corrected chi connectivity index (χ1v) is 12.5. The number of carbonyl (C=O) groups excluding carboxylic acids is 3. The fourth-order valence-corrected chi connectivity index (χ4v) is 7.79. The van der Waals surface area contributed by atoms with E-state index in [0.29, 0.717) is 19.4 Å². The Morgan fingerprint density at radius 3 is 2.21 bits per heavy atom. The monoisotopic (exact) mass is 482 g/mol. The summed E-state index contributed by atoms with van der Waals surface area (Å²) in [6.45, 7) is 12.6. The number of fused-ring (bicyclic) bond motifs is 3. The van der Waals surface area contributed by atoms with E-state index < -0.39 is 35.3 Å². The zero-order valence-corrected chi connectivity index (χ0v) is 21.8. The van der Waals surface area contributed by atoms with Gasteiger partial charge in [0.15, 0.2) is 6.10 Å². The summed E-state index contributed by atoms with van der Waals surface area (Å²) in [5.74, 6) is -1.06. The van der Waals surface area contributed by atoms with Crippen LogP contribution in [0.3, 0.4) is 0 Å². The van der Waals surface area contributed by atoms with Crippen LogP contribution >= 0.6 is 0 Å². The maximum absolute atomic E-state index is 11.8. The van der Waals surface area contributed by atoms with Crippen molar-refractivity contribution in [2.75, 3.05) is 13.2 Å². The van der Waals surface area contributed by atoms with Crippen molar-refractivity contribution in [3.63, 3.8) is 0 Å². The van der Waals surface area contributed by atoms with Gasteiger partial charge in [0, 0.05) is 32.6 Å². The van der Waals surface area contributed by atoms with Crippen molar-refractivity contribution in [3.8, 4) is 0 Å². The molecule has 0 aromatic rings. The molecule has 0 radical (unpaired) electrons. The molecule has 34 heavy (non-hydrogen) atoms. The van der Waals surface area contributed by atoms with Crippen LogP contribution in [0.5, 0.6) is 0 Å². The molecular weight excluding hydrogens is 440 g/mol. The largest absolute Gasteiger partial charge is 0.465 e. The van der Waals surface area contributed by atoms with Crippen molar-refractivity contribution < 1.29 is 38.4 Å². The van der Waals surface area contributed by atoms with E-state index in [1.807, 2.05) is 6.92 Å². The van der Waals surface area contributed by atoms with E-state index in [-0.39, 0.29) is 35.2 Å². The normalized spacial score (nSPS) is 42.5. The first-order chi connectivity index (χ1) is 15.7. The highest BCUT2D eigenvalue weighted by atomic mass is 16.6. The molecule has 0 amide bonds. The summed E-state index contributed by atoms with van der Waals surface area (Å²) in [7, 11) is 0. The second kappa shape index (κ2) is 9.41. The van der Waals surface area contributed by atoms with Gasteiger partial charge >= 0.3 is 17.9 Å². The number of rotatable bonds is 6. The quantitative estimate of drug-likeness (QED) is 0.452. The van der Waals surface area contributed by atoms with Crippen molar-refractivity contribution >= 4 is 17.9 Å². The molecule has 194 valence electrons. The minimum Gasteiger partial charge on any atom is -0.465 e. The smallest absolute Gasteiger partial charge is 0.303 e. The zero-order chi connectivity index (χ0) is 25.5. The molecule has 8 heteroatoms. The highest BCUT2D eigenvalue weighted by Gasteiger charge is 2.66. The average molecular weight is 483 g/mol. The molecule has 0 spiro atoms. The van der Waals surface area contributed by atoms with Gasteiger partial charge in [-0.3, -0.25) is 14.4 Å². The number of aliphatic hydroxyl groups is 1. The van der Waals surface area contributed by atoms with Crippen LogP contribution in [0.15, 0.2) is 0 Å². The Kier molecular flexibility index (Phi) is 7.46. The summed E-state index contributed by atoms with van der Waals surface area (Å²) in [4.78, 5) is 34.8. The molecule has 0 aromatic carbocycles. The molecule has 3 aliphatic rings. The maximum Gasteiger partial charge on any atom is 0.303 e. The predicted octanol–water partition coefficient (Wildman–Crippen LogP) is 3.57. The highest BCUT2D eigenvalue weighted by molar-refractivity contribution is 5.67. The summed E-state index contributed by atoms with van der Waals surface area (Å²) in [6.07, 6.45) is 3.37. The number of aliphatic hydroxyl groups excluding tert-OH is 1. The molecule has 1 unspecified atom stereocenters. The standard InChI is InChI=1S/C26H42O8/c1-16(27)31-14-21(33-18(3)29)25(6)12-9-20-24(5)11-8-10-23(4,15-32-17(2)28)22(24)19(30)13-26(20,7)34-25/h19-22,30H,8-15H2,1-7H3/t19-,20-,21?,22+,23+,24-,25-,26-/m1/s1. The molecule has 3 rings (SSSR count). The number of esters is 3. The molecule has 3 fully saturated rings. The minimum atomic E-state index is -0.856. The van der Waals surface area contributed by atoms with E-state index in [9.17, 15) is 19.5 Å². The van der Waals surface area contributed by atoms with Crippen molar-refractivity contribution in [2.24, 2.45) is 22.7 Å². The molecule has 2 aliphatic carbocycles. The van der Waals surface area contributed by atoms with E-state index in [1.54, 1.807) is 0 Å². The van der Waals surface area contributed by atoms with Gasteiger partial charge in [0.2, 0.25) is 0 Å². The first-order valence-electron chi connectivity index (χ1n) is 12.5. The highest BCUT2D eigenvalue weighted by Crippen LogP contribution is 2.66. The second-order valence-corrected chi connectivity index (χ2v) is 11.8. The molecule has 8 nitrogen and oxygen atoms in total. The van der Waals surface area contributed by atoms with Crippen LogP contribution in [-0.4, -0.2) is 59.6 Å². The van der Waals surface area contributed by atoms with Crippen molar-refractivity contribution in [1.82, 2.24) is 0 Å². The lowest BCUT2D eigenvalue weighted by Gasteiger charge is -2.67. The van der Waals surface area contributed by atoms with Gasteiger partial charge < -0.3 is 24.1 Å². The van der Waals surface area contributed by atoms with Gasteiger partial charge in [-0.1, -0.05) is 20.3 Å². The van der Waals surface area contributed by atoms with E-state index in [1.165, 1.54) is 20.8 Å². The van der Waals surface area contributed by atoms with Gasteiger partial charge in [-0.05, 0) is 56.8 Å². The fourth-order valence-electron chi connectivity index (χ4n) is 7.79. The summed E-state index contributed by atoms with van der Waals surface area (Å²) < 4.78 is 23.0. The van der Waals surface area contributed by atoms with Gasteiger partial charge in [0.1, 0.15) is 12.2 Å². The van der Waals surface area contributed by atoms with Crippen LogP contribution in [0.4, 0.5) is 0 Å². The first kappa shape index (κ1) is 26.9. The van der Waals surface area contributed by atoms with Crippen LogP contribution in [-0.2, 0) is 33.3 Å². The lowest BCUT2D eigenvalue weighted by molar-refractivity contribution is -0.309. The topological polar surface area (TPSA) is 108 Å². The molecule has 1 aliphatic heterocycles. The van der Waals surface area contributed by atoms with Gasteiger partial charge in [-0.15, -0.1) is 0 Å². The second-order valence-electron chi connectivity index (χ2n) is 11.8. The Labute approximate surface area is 203 Å². The lowest BCUT2D eigenvalue weighted by Crippen LogP contribution is -2.69. The molecule has 0 aromatic heterocycles. The lowest BCUT2D eigenvalue weighted by atomic mass is 9.43. The summed E-state index contributed by atoms with van der Waals surface area (Å²) in [5.41, 5.74) is -2.01. The van der Waals surface area contributed by atoms with Crippen LogP contribution in [0.1, 0.15) is 87.0 Å². The van der Waals surface area contributed by atoms with E-state index >= 15 is 0 Å². The molecule has 1 saturated heterocycles. The van der Waals surface area contributed by atoms with Crippen LogP contribution in [0, 0.1) is 22.7 Å². The van der Waals surface area contributed by atoms with Crippen molar-refractivity contribution in [3.05, 3.63) is 0 Å². The summed E-state index contributed by atoms with van der Waals surface area (Å²) in [5, 5.41) is 11.5.